The van der Waals surface area contributed by atoms with Crippen molar-refractivity contribution in [3.8, 4) is 0 Å². The van der Waals surface area contributed by atoms with Crippen LogP contribution in [0.15, 0.2) is 72.8 Å². The molecule has 3 aromatic carbocycles. The van der Waals surface area contributed by atoms with Gasteiger partial charge in [0.15, 0.2) is 0 Å². The second kappa shape index (κ2) is 7.91. The summed E-state index contributed by atoms with van der Waals surface area (Å²) in [6, 6.07) is 16.8. The molecule has 1 unspecified atom stereocenters. The number of amides is 2. The fourth-order valence-corrected chi connectivity index (χ4v) is 4.49. The summed E-state index contributed by atoms with van der Waals surface area (Å²) >= 11 is 0. The Kier molecular flexibility index (Phi) is 5.27. The van der Waals surface area contributed by atoms with E-state index >= 15 is 0 Å². The van der Waals surface area contributed by atoms with Gasteiger partial charge in [-0.3, -0.25) is 9.59 Å². The van der Waals surface area contributed by atoms with Crippen LogP contribution in [0.25, 0.3) is 0 Å². The van der Waals surface area contributed by atoms with Gasteiger partial charge in [-0.2, -0.15) is 0 Å². The zero-order chi connectivity index (χ0) is 22.2. The van der Waals surface area contributed by atoms with Gasteiger partial charge < -0.3 is 11.1 Å². The number of primary amides is 1. The van der Waals surface area contributed by atoms with Crippen LogP contribution in [0.2, 0.25) is 0 Å². The Morgan fingerprint density at radius 1 is 0.806 bits per heavy atom. The number of carbonyl (C=O) groups excluding carboxylic acids is 2. The second-order valence-corrected chi connectivity index (χ2v) is 7.62. The molecule has 0 aromatic heterocycles. The maximum absolute atomic E-state index is 13.7. The molecular weight excluding hydrogens is 405 g/mol. The average molecular weight is 424 g/mol. The first-order valence-corrected chi connectivity index (χ1v) is 9.69. The highest BCUT2D eigenvalue weighted by atomic mass is 19.1. The largest absolute Gasteiger partial charge is 0.370 e. The Bertz CT molecular complexity index is 1070. The molecule has 3 N–H and O–H groups in total. The minimum Gasteiger partial charge on any atom is -0.370 e. The number of hydrogen-bond acceptors (Lipinski definition) is 2. The molecule has 0 bridgehead atoms. The lowest BCUT2D eigenvalue weighted by molar-refractivity contribution is -0.127. The number of rotatable bonds is 5. The van der Waals surface area contributed by atoms with Gasteiger partial charge in [0, 0.05) is 12.3 Å². The number of halogens is 3. The average Bonchev–Trinajstić information content (AvgIpc) is 3.02. The van der Waals surface area contributed by atoms with Crippen LogP contribution in [0.3, 0.4) is 0 Å². The van der Waals surface area contributed by atoms with Gasteiger partial charge in [-0.25, -0.2) is 13.2 Å². The van der Waals surface area contributed by atoms with Crippen molar-refractivity contribution in [2.45, 2.75) is 17.9 Å². The van der Waals surface area contributed by atoms with Gasteiger partial charge in [-0.05, 0) is 53.1 Å². The van der Waals surface area contributed by atoms with Crippen LogP contribution in [0.5, 0.6) is 0 Å². The highest BCUT2D eigenvalue weighted by molar-refractivity contribution is 5.90. The van der Waals surface area contributed by atoms with E-state index in [-0.39, 0.29) is 6.42 Å². The monoisotopic (exact) mass is 424 g/mol. The summed E-state index contributed by atoms with van der Waals surface area (Å²) in [5.74, 6) is -4.03. The smallest absolute Gasteiger partial charge is 0.225 e. The van der Waals surface area contributed by atoms with E-state index in [4.69, 9.17) is 5.73 Å². The molecule has 7 heteroatoms. The van der Waals surface area contributed by atoms with Crippen molar-refractivity contribution in [1.82, 2.24) is 5.32 Å². The van der Waals surface area contributed by atoms with Crippen molar-refractivity contribution in [1.29, 1.82) is 0 Å². The molecule has 1 saturated heterocycles. The molecule has 2 amide bonds. The summed E-state index contributed by atoms with van der Waals surface area (Å²) in [5, 5.41) is 2.97. The van der Waals surface area contributed by atoms with Crippen molar-refractivity contribution >= 4 is 11.8 Å². The van der Waals surface area contributed by atoms with Gasteiger partial charge in [0.25, 0.3) is 0 Å². The molecule has 1 aliphatic heterocycles. The Labute approximate surface area is 176 Å². The van der Waals surface area contributed by atoms with Crippen LogP contribution >= 0.6 is 0 Å². The Morgan fingerprint density at radius 2 is 1.23 bits per heavy atom. The van der Waals surface area contributed by atoms with Crippen molar-refractivity contribution in [3.63, 3.8) is 0 Å². The normalized spacial score (nSPS) is 19.8. The van der Waals surface area contributed by atoms with Crippen LogP contribution in [0.1, 0.15) is 29.0 Å². The number of nitrogens with two attached hydrogens (primary N) is 1. The highest BCUT2D eigenvalue weighted by Gasteiger charge is 2.55. The SMILES string of the molecule is NC(=O)C[C@@H]1C(=O)NC(c2ccc(F)cc2)(c2ccc(F)cc2)C1c1ccc(F)cc1. The fourth-order valence-electron chi connectivity index (χ4n) is 4.49. The molecule has 158 valence electrons. The zero-order valence-corrected chi connectivity index (χ0v) is 16.3. The van der Waals surface area contributed by atoms with Gasteiger partial charge in [0.2, 0.25) is 11.8 Å². The van der Waals surface area contributed by atoms with Gasteiger partial charge in [0.1, 0.15) is 17.5 Å². The third-order valence-corrected chi connectivity index (χ3v) is 5.78. The van der Waals surface area contributed by atoms with E-state index in [0.717, 1.165) is 0 Å². The lowest BCUT2D eigenvalue weighted by atomic mass is 9.67. The quantitative estimate of drug-likeness (QED) is 0.655. The molecule has 0 aliphatic carbocycles. The Balaban J connectivity index is 2.01. The lowest BCUT2D eigenvalue weighted by Crippen LogP contribution is -2.43. The summed E-state index contributed by atoms with van der Waals surface area (Å²) in [7, 11) is 0. The van der Waals surface area contributed by atoms with E-state index < -0.39 is 46.6 Å². The standard InChI is InChI=1S/C24H19F3N2O2/c25-17-7-1-14(2-8-17)22-20(13-21(28)30)23(31)29-24(22,15-3-9-18(26)10-4-15)16-5-11-19(27)12-6-16/h1-12,20,22H,13H2,(H2,28,30)(H,29,31)/t20-,22?/m0/s1. The molecule has 1 fully saturated rings. The van der Waals surface area contributed by atoms with Gasteiger partial charge >= 0.3 is 0 Å². The number of nitrogens with one attached hydrogen (secondary N) is 1. The molecule has 0 saturated carbocycles. The maximum Gasteiger partial charge on any atom is 0.225 e. The van der Waals surface area contributed by atoms with Crippen molar-refractivity contribution in [2.24, 2.45) is 11.7 Å². The molecule has 1 aliphatic rings. The van der Waals surface area contributed by atoms with Gasteiger partial charge in [-0.15, -0.1) is 0 Å². The Hall–Kier alpha value is -3.61. The summed E-state index contributed by atoms with van der Waals surface area (Å²) in [6.07, 6.45) is -0.238. The number of carbonyl (C=O) groups is 2. The predicted octanol–water partition coefficient (Wildman–Crippen LogP) is 3.75. The van der Waals surface area contributed by atoms with E-state index in [1.807, 2.05) is 0 Å². The minimum absolute atomic E-state index is 0.238. The third-order valence-electron chi connectivity index (χ3n) is 5.78. The fraction of sp³-hybridized carbons (Fsp3) is 0.167. The molecular formula is C24H19F3N2O2. The van der Waals surface area contributed by atoms with E-state index in [2.05, 4.69) is 5.32 Å². The lowest BCUT2D eigenvalue weighted by Gasteiger charge is -2.38. The zero-order valence-electron chi connectivity index (χ0n) is 16.3. The predicted molar refractivity (Wildman–Crippen MR) is 108 cm³/mol. The van der Waals surface area contributed by atoms with Crippen LogP contribution < -0.4 is 11.1 Å². The Morgan fingerprint density at radius 3 is 1.65 bits per heavy atom. The second-order valence-electron chi connectivity index (χ2n) is 7.62. The van der Waals surface area contributed by atoms with Crippen LogP contribution in [-0.4, -0.2) is 11.8 Å². The maximum atomic E-state index is 13.7. The van der Waals surface area contributed by atoms with E-state index in [1.54, 1.807) is 0 Å². The highest BCUT2D eigenvalue weighted by Crippen LogP contribution is 2.51. The summed E-state index contributed by atoms with van der Waals surface area (Å²) < 4.78 is 41.1. The first-order valence-electron chi connectivity index (χ1n) is 9.69. The summed E-state index contributed by atoms with van der Waals surface area (Å²) in [5.41, 5.74) is 5.83. The summed E-state index contributed by atoms with van der Waals surface area (Å²) in [4.78, 5) is 24.9. The van der Waals surface area contributed by atoms with Crippen LogP contribution in [0, 0.1) is 23.4 Å². The van der Waals surface area contributed by atoms with E-state index in [9.17, 15) is 22.8 Å². The van der Waals surface area contributed by atoms with Crippen LogP contribution in [0.4, 0.5) is 13.2 Å². The van der Waals surface area contributed by atoms with Gasteiger partial charge in [0.05, 0.1) is 11.5 Å². The number of hydrogen-bond donors (Lipinski definition) is 2. The molecule has 0 spiro atoms. The molecule has 31 heavy (non-hydrogen) atoms. The van der Waals surface area contributed by atoms with E-state index in [1.165, 1.54) is 72.8 Å². The summed E-state index contributed by atoms with van der Waals surface area (Å²) in [6.45, 7) is 0. The molecule has 4 rings (SSSR count). The number of benzene rings is 3. The van der Waals surface area contributed by atoms with Gasteiger partial charge in [-0.1, -0.05) is 36.4 Å². The molecule has 4 nitrogen and oxygen atoms in total. The minimum atomic E-state index is -1.25. The van der Waals surface area contributed by atoms with Crippen molar-refractivity contribution < 1.29 is 22.8 Å². The molecule has 1 heterocycles. The first-order chi connectivity index (χ1) is 14.8. The molecule has 3 aromatic rings. The van der Waals surface area contributed by atoms with Crippen molar-refractivity contribution in [3.05, 3.63) is 107 Å². The first kappa shape index (κ1) is 20.7. The van der Waals surface area contributed by atoms with Crippen LogP contribution in [-0.2, 0) is 15.1 Å². The molecule has 2 atom stereocenters. The third kappa shape index (κ3) is 3.67. The van der Waals surface area contributed by atoms with Crippen molar-refractivity contribution in [2.75, 3.05) is 0 Å². The topological polar surface area (TPSA) is 72.2 Å². The molecule has 0 radical (unpaired) electrons. The van der Waals surface area contributed by atoms with E-state index in [0.29, 0.717) is 16.7 Å².